The molecule has 4 aromatic carbocycles. The number of carbonyl (C=O) groups is 1. The lowest BCUT2D eigenvalue weighted by Gasteiger charge is -2.34. The zero-order valence-electron chi connectivity index (χ0n) is 27.9. The number of pyridine rings is 1. The van der Waals surface area contributed by atoms with Gasteiger partial charge in [-0.15, -0.1) is 0 Å². The molecule has 1 saturated heterocycles. The Kier molecular flexibility index (Phi) is 11.8. The molecule has 7 nitrogen and oxygen atoms in total. The van der Waals surface area contributed by atoms with E-state index in [-0.39, 0.29) is 11.7 Å². The van der Waals surface area contributed by atoms with Crippen LogP contribution in [0.4, 0.5) is 4.39 Å². The summed E-state index contributed by atoms with van der Waals surface area (Å²) in [6.07, 6.45) is 5.92. The van der Waals surface area contributed by atoms with E-state index in [1.807, 2.05) is 66.4 Å². The fraction of sp³-hybridized carbons (Fsp3) is 0.220. The van der Waals surface area contributed by atoms with Gasteiger partial charge in [0.1, 0.15) is 29.7 Å². The van der Waals surface area contributed by atoms with E-state index in [4.69, 9.17) is 25.8 Å². The molecule has 0 aliphatic carbocycles. The van der Waals surface area contributed by atoms with Crippen molar-refractivity contribution in [3.05, 3.63) is 154 Å². The van der Waals surface area contributed by atoms with Gasteiger partial charge in [-0.05, 0) is 83.8 Å². The van der Waals surface area contributed by atoms with Crippen LogP contribution in [0.5, 0.6) is 23.1 Å². The number of aryl methyl sites for hydroxylation is 1. The minimum absolute atomic E-state index is 0.0117. The number of benzene rings is 4. The van der Waals surface area contributed by atoms with Crippen LogP contribution in [-0.2, 0) is 24.4 Å². The summed E-state index contributed by atoms with van der Waals surface area (Å²) < 4.78 is 30.5. The fourth-order valence-corrected chi connectivity index (χ4v) is 5.78. The molecule has 6 rings (SSSR count). The lowest BCUT2D eigenvalue weighted by Crippen LogP contribution is -2.47. The van der Waals surface area contributed by atoms with E-state index < -0.39 is 0 Å². The van der Waals surface area contributed by atoms with Gasteiger partial charge in [0.25, 0.3) is 0 Å². The summed E-state index contributed by atoms with van der Waals surface area (Å²) in [6.45, 7) is 6.73. The van der Waals surface area contributed by atoms with Crippen molar-refractivity contribution in [3.8, 4) is 23.1 Å². The molecule has 0 radical (unpaired) electrons. The largest absolute Gasteiger partial charge is 0.493 e. The zero-order valence-corrected chi connectivity index (χ0v) is 28.7. The van der Waals surface area contributed by atoms with Gasteiger partial charge < -0.3 is 19.1 Å². The van der Waals surface area contributed by atoms with Crippen molar-refractivity contribution in [3.63, 3.8) is 0 Å². The van der Waals surface area contributed by atoms with E-state index in [1.54, 1.807) is 30.5 Å². The molecule has 256 valence electrons. The fourth-order valence-electron chi connectivity index (χ4n) is 5.59. The monoisotopic (exact) mass is 691 g/mol. The maximum atomic E-state index is 13.1. The standard InChI is InChI=1S/C41H39ClFN3O4/c1-30-26-37(50-40-18-17-38(27-44-40)49-29-34-4-2-3-5-39(34)42)14-10-33(30)11-19-41(47)46-23-21-45(22-24-46)28-32-8-6-31(7-9-32)20-25-48-36-15-12-35(43)13-16-36/h2-19,26-27H,20-25,28-29H2,1H3/b19-11+. The Labute approximate surface area is 297 Å². The average Bonchev–Trinajstić information content (AvgIpc) is 3.13. The summed E-state index contributed by atoms with van der Waals surface area (Å²) in [7, 11) is 0. The molecule has 5 aromatic rings. The average molecular weight is 692 g/mol. The molecular weight excluding hydrogens is 653 g/mol. The minimum Gasteiger partial charge on any atom is -0.493 e. The maximum Gasteiger partial charge on any atom is 0.246 e. The van der Waals surface area contributed by atoms with Gasteiger partial charge in [0.05, 0.1) is 12.8 Å². The highest BCUT2D eigenvalue weighted by Gasteiger charge is 2.19. The Morgan fingerprint density at radius 3 is 2.28 bits per heavy atom. The Bertz CT molecular complexity index is 1890. The molecule has 0 unspecified atom stereocenters. The van der Waals surface area contributed by atoms with Crippen molar-refractivity contribution in [2.24, 2.45) is 0 Å². The van der Waals surface area contributed by atoms with Crippen LogP contribution in [0.2, 0.25) is 5.02 Å². The second kappa shape index (κ2) is 17.0. The molecule has 0 bridgehead atoms. The molecule has 9 heteroatoms. The van der Waals surface area contributed by atoms with E-state index in [1.165, 1.54) is 23.3 Å². The van der Waals surface area contributed by atoms with E-state index in [0.717, 1.165) is 42.7 Å². The number of nitrogens with zero attached hydrogens (tertiary/aromatic N) is 3. The number of piperazine rings is 1. The van der Waals surface area contributed by atoms with Crippen LogP contribution in [0.3, 0.4) is 0 Å². The highest BCUT2D eigenvalue weighted by Crippen LogP contribution is 2.25. The van der Waals surface area contributed by atoms with Gasteiger partial charge in [-0.1, -0.05) is 60.1 Å². The third-order valence-corrected chi connectivity index (χ3v) is 8.89. The molecule has 2 heterocycles. The molecule has 1 aliphatic heterocycles. The van der Waals surface area contributed by atoms with Crippen LogP contribution in [-0.4, -0.2) is 53.5 Å². The lowest BCUT2D eigenvalue weighted by atomic mass is 10.1. The first-order valence-electron chi connectivity index (χ1n) is 16.6. The van der Waals surface area contributed by atoms with Crippen molar-refractivity contribution >= 4 is 23.6 Å². The first kappa shape index (κ1) is 34.7. The Balaban J connectivity index is 0.914. The number of hydrogen-bond donors (Lipinski definition) is 0. The topological polar surface area (TPSA) is 64.1 Å². The highest BCUT2D eigenvalue weighted by atomic mass is 35.5. The third-order valence-electron chi connectivity index (χ3n) is 8.52. The van der Waals surface area contributed by atoms with Crippen LogP contribution >= 0.6 is 11.6 Å². The van der Waals surface area contributed by atoms with E-state index in [0.29, 0.717) is 54.5 Å². The van der Waals surface area contributed by atoms with Crippen LogP contribution in [0, 0.1) is 12.7 Å². The van der Waals surface area contributed by atoms with E-state index in [2.05, 4.69) is 34.1 Å². The zero-order chi connectivity index (χ0) is 34.7. The Morgan fingerprint density at radius 1 is 0.840 bits per heavy atom. The smallest absolute Gasteiger partial charge is 0.246 e. The quantitative estimate of drug-likeness (QED) is 0.115. The summed E-state index contributed by atoms with van der Waals surface area (Å²) in [5, 5.41) is 0.663. The molecule has 1 fully saturated rings. The van der Waals surface area contributed by atoms with Gasteiger partial charge in [-0.3, -0.25) is 9.69 Å². The summed E-state index contributed by atoms with van der Waals surface area (Å²) >= 11 is 6.21. The first-order valence-corrected chi connectivity index (χ1v) is 17.0. The van der Waals surface area contributed by atoms with E-state index in [9.17, 15) is 9.18 Å². The van der Waals surface area contributed by atoms with Crippen molar-refractivity contribution < 1.29 is 23.4 Å². The van der Waals surface area contributed by atoms with Crippen molar-refractivity contribution in [2.75, 3.05) is 32.8 Å². The molecule has 1 aromatic heterocycles. The molecule has 0 saturated carbocycles. The highest BCUT2D eigenvalue weighted by molar-refractivity contribution is 6.31. The third kappa shape index (κ3) is 9.94. The molecule has 0 N–H and O–H groups in total. The number of amides is 1. The van der Waals surface area contributed by atoms with Crippen molar-refractivity contribution in [1.29, 1.82) is 0 Å². The number of aromatic nitrogens is 1. The van der Waals surface area contributed by atoms with Gasteiger partial charge in [-0.2, -0.15) is 0 Å². The predicted molar refractivity (Wildman–Crippen MR) is 194 cm³/mol. The second-order valence-electron chi connectivity index (χ2n) is 12.1. The van der Waals surface area contributed by atoms with Crippen LogP contribution in [0.15, 0.2) is 115 Å². The first-order chi connectivity index (χ1) is 24.4. The normalized spacial score (nSPS) is 13.4. The van der Waals surface area contributed by atoms with Crippen LogP contribution in [0.25, 0.3) is 6.08 Å². The van der Waals surface area contributed by atoms with Crippen molar-refractivity contribution in [2.45, 2.75) is 26.5 Å². The van der Waals surface area contributed by atoms with E-state index >= 15 is 0 Å². The summed E-state index contributed by atoms with van der Waals surface area (Å²) in [4.78, 5) is 21.6. The molecule has 0 atom stereocenters. The molecular formula is C41H39ClFN3O4. The molecule has 50 heavy (non-hydrogen) atoms. The SMILES string of the molecule is Cc1cc(Oc2ccc(OCc3ccccc3Cl)cn2)ccc1/C=C/C(=O)N1CCN(Cc2ccc(CCOc3ccc(F)cc3)cc2)CC1. The van der Waals surface area contributed by atoms with Gasteiger partial charge in [0.15, 0.2) is 0 Å². The van der Waals surface area contributed by atoms with Crippen molar-refractivity contribution in [1.82, 2.24) is 14.8 Å². The number of halogens is 2. The number of rotatable bonds is 13. The van der Waals surface area contributed by atoms with Gasteiger partial charge in [0, 0.05) is 61.9 Å². The Morgan fingerprint density at radius 2 is 1.56 bits per heavy atom. The molecule has 1 amide bonds. The summed E-state index contributed by atoms with van der Waals surface area (Å²) in [5.41, 5.74) is 5.27. The van der Waals surface area contributed by atoms with Gasteiger partial charge >= 0.3 is 0 Å². The number of hydrogen-bond acceptors (Lipinski definition) is 6. The maximum absolute atomic E-state index is 13.1. The molecule has 1 aliphatic rings. The van der Waals surface area contributed by atoms with Crippen LogP contribution < -0.4 is 14.2 Å². The summed E-state index contributed by atoms with van der Waals surface area (Å²) in [5.74, 6) is 2.14. The van der Waals surface area contributed by atoms with Gasteiger partial charge in [0.2, 0.25) is 11.8 Å². The van der Waals surface area contributed by atoms with Gasteiger partial charge in [-0.25, -0.2) is 9.37 Å². The number of ether oxygens (including phenoxy) is 3. The lowest BCUT2D eigenvalue weighted by molar-refractivity contribution is -0.127. The second-order valence-corrected chi connectivity index (χ2v) is 12.5. The number of carbonyl (C=O) groups excluding carboxylic acids is 1. The minimum atomic E-state index is -0.270. The summed E-state index contributed by atoms with van der Waals surface area (Å²) in [6, 6.07) is 31.5. The van der Waals surface area contributed by atoms with Crippen LogP contribution in [0.1, 0.15) is 27.8 Å². The Hall–Kier alpha value is -5.18. The molecule has 0 spiro atoms. The predicted octanol–water partition coefficient (Wildman–Crippen LogP) is 8.53.